The second kappa shape index (κ2) is 10.1. The summed E-state index contributed by atoms with van der Waals surface area (Å²) >= 11 is 1.39. The topological polar surface area (TPSA) is 107 Å². The highest BCUT2D eigenvalue weighted by atomic mass is 32.1. The molecule has 7 nitrogen and oxygen atoms in total. The predicted molar refractivity (Wildman–Crippen MR) is 142 cm³/mol. The van der Waals surface area contributed by atoms with Crippen LogP contribution < -0.4 is 0 Å². The van der Waals surface area contributed by atoms with Gasteiger partial charge in [0.05, 0.1) is 23.2 Å². The first kappa shape index (κ1) is 26.5. The molecule has 2 aromatic heterocycles. The van der Waals surface area contributed by atoms with Gasteiger partial charge in [-0.25, -0.2) is 4.79 Å². The summed E-state index contributed by atoms with van der Waals surface area (Å²) in [5.41, 5.74) is 2.74. The van der Waals surface area contributed by atoms with Gasteiger partial charge in [-0.3, -0.25) is 14.8 Å². The van der Waals surface area contributed by atoms with E-state index < -0.39 is 23.5 Å². The fourth-order valence-corrected chi connectivity index (χ4v) is 6.19. The van der Waals surface area contributed by atoms with Gasteiger partial charge in [0.15, 0.2) is 0 Å². The van der Waals surface area contributed by atoms with Crippen molar-refractivity contribution in [3.8, 4) is 6.07 Å². The molecule has 0 aliphatic carbocycles. The molecule has 1 fully saturated rings. The van der Waals surface area contributed by atoms with E-state index in [1.54, 1.807) is 47.1 Å². The zero-order valence-electron chi connectivity index (χ0n) is 21.8. The number of nitriles is 1. The molecule has 37 heavy (non-hydrogen) atoms. The Hall–Kier alpha value is -3.57. The Morgan fingerprint density at radius 2 is 1.95 bits per heavy atom. The van der Waals surface area contributed by atoms with E-state index in [0.29, 0.717) is 16.8 Å². The summed E-state index contributed by atoms with van der Waals surface area (Å²) in [6.07, 6.45) is 3.75. The van der Waals surface area contributed by atoms with Gasteiger partial charge < -0.3 is 10.0 Å². The van der Waals surface area contributed by atoms with E-state index in [0.717, 1.165) is 10.4 Å². The molecule has 1 N–H and O–H groups in total. The molecule has 0 spiro atoms. The zero-order valence-corrected chi connectivity index (χ0v) is 22.6. The number of hydrogen-bond donors (Lipinski definition) is 1. The van der Waals surface area contributed by atoms with E-state index in [2.05, 4.69) is 36.8 Å². The molecule has 0 radical (unpaired) electrons. The lowest BCUT2D eigenvalue weighted by Crippen LogP contribution is -2.54. The highest BCUT2D eigenvalue weighted by Gasteiger charge is 2.60. The largest absolute Gasteiger partial charge is 0.479 e. The van der Waals surface area contributed by atoms with Crippen LogP contribution in [0.25, 0.3) is 0 Å². The molecule has 1 aromatic carbocycles. The number of likely N-dealkylation sites (tertiary alicyclic amines) is 1. The highest BCUT2D eigenvalue weighted by Crippen LogP contribution is 2.54. The molecular weight excluding hydrogens is 484 g/mol. The summed E-state index contributed by atoms with van der Waals surface area (Å²) in [5, 5.41) is 20.2. The summed E-state index contributed by atoms with van der Waals surface area (Å²) in [5.74, 6) is -1.76. The van der Waals surface area contributed by atoms with Gasteiger partial charge in [0, 0.05) is 34.4 Å². The molecule has 1 amide bonds. The van der Waals surface area contributed by atoms with Crippen LogP contribution in [0.3, 0.4) is 0 Å². The SMILES string of the molecule is CC(C)C[C@@]1(C(=O)O)C[C@H](c2cc(C#N)ccn2)[C@H](c2cncs2)N1C(=O)c1ccc(C(C)(C)C)cc1. The van der Waals surface area contributed by atoms with E-state index >= 15 is 0 Å². The Labute approximate surface area is 221 Å². The second-order valence-electron chi connectivity index (χ2n) is 11.2. The van der Waals surface area contributed by atoms with Gasteiger partial charge >= 0.3 is 5.97 Å². The lowest BCUT2D eigenvalue weighted by molar-refractivity contribution is -0.150. The third kappa shape index (κ3) is 5.01. The number of thiazole rings is 1. The van der Waals surface area contributed by atoms with Crippen molar-refractivity contribution < 1.29 is 14.7 Å². The lowest BCUT2D eigenvalue weighted by Gasteiger charge is -2.39. The van der Waals surface area contributed by atoms with Crippen molar-refractivity contribution >= 4 is 23.2 Å². The quantitative estimate of drug-likeness (QED) is 0.434. The minimum absolute atomic E-state index is 0.0222. The van der Waals surface area contributed by atoms with Gasteiger partial charge in [0.2, 0.25) is 0 Å². The molecule has 4 rings (SSSR count). The monoisotopic (exact) mass is 516 g/mol. The third-order valence-electron chi connectivity index (χ3n) is 7.07. The highest BCUT2D eigenvalue weighted by molar-refractivity contribution is 7.09. The second-order valence-corrected chi connectivity index (χ2v) is 12.1. The maximum Gasteiger partial charge on any atom is 0.329 e. The van der Waals surface area contributed by atoms with Crippen molar-refractivity contribution in [1.82, 2.24) is 14.9 Å². The van der Waals surface area contributed by atoms with Crippen LogP contribution in [-0.4, -0.2) is 37.4 Å². The van der Waals surface area contributed by atoms with Crippen molar-refractivity contribution in [3.05, 3.63) is 81.6 Å². The average Bonchev–Trinajstić information content (AvgIpc) is 3.49. The molecule has 8 heteroatoms. The van der Waals surface area contributed by atoms with Crippen LogP contribution in [0.15, 0.2) is 54.3 Å². The number of aliphatic carboxylic acids is 1. The number of carboxylic acid groups (broad SMARTS) is 1. The van der Waals surface area contributed by atoms with E-state index in [1.165, 1.54) is 11.3 Å². The predicted octanol–water partition coefficient (Wildman–Crippen LogP) is 5.95. The number of nitrogens with zero attached hydrogens (tertiary/aromatic N) is 4. The lowest BCUT2D eigenvalue weighted by atomic mass is 9.82. The van der Waals surface area contributed by atoms with Crippen LogP contribution in [0, 0.1) is 17.2 Å². The number of amides is 1. The van der Waals surface area contributed by atoms with Crippen molar-refractivity contribution in [2.75, 3.05) is 0 Å². The van der Waals surface area contributed by atoms with Crippen LogP contribution in [-0.2, 0) is 10.2 Å². The molecular formula is C29H32N4O3S. The molecule has 0 unspecified atom stereocenters. The normalized spacial score (nSPS) is 21.7. The summed E-state index contributed by atoms with van der Waals surface area (Å²) in [6.45, 7) is 10.3. The number of rotatable bonds is 6. The van der Waals surface area contributed by atoms with Gasteiger partial charge in [-0.05, 0) is 54.0 Å². The standard InChI is InChI=1S/C29H32N4O3S/c1-18(2)13-29(27(35)36)14-22(23-12-19(15-30)10-11-32-23)25(24-16-31-17-37-24)33(29)26(34)20-6-8-21(9-7-20)28(3,4)5/h6-12,16-18,22,25H,13-14H2,1-5H3,(H,35,36)/t22-,25-,29+/m1/s1. The van der Waals surface area contributed by atoms with Crippen LogP contribution in [0.5, 0.6) is 0 Å². The Balaban J connectivity index is 1.91. The van der Waals surface area contributed by atoms with Crippen LogP contribution in [0.4, 0.5) is 0 Å². The van der Waals surface area contributed by atoms with Crippen molar-refractivity contribution in [1.29, 1.82) is 5.26 Å². The first-order valence-electron chi connectivity index (χ1n) is 12.4. The molecule has 1 saturated heterocycles. The number of carbonyl (C=O) groups excluding carboxylic acids is 1. The Bertz CT molecular complexity index is 1320. The number of aromatic nitrogens is 2. The first-order chi connectivity index (χ1) is 17.5. The zero-order chi connectivity index (χ0) is 27.0. The van der Waals surface area contributed by atoms with E-state index in [1.807, 2.05) is 26.0 Å². The maximum atomic E-state index is 14.3. The van der Waals surface area contributed by atoms with Gasteiger partial charge in [0.25, 0.3) is 5.91 Å². The van der Waals surface area contributed by atoms with Gasteiger partial charge in [-0.1, -0.05) is 46.8 Å². The summed E-state index contributed by atoms with van der Waals surface area (Å²) in [4.78, 5) is 38.6. The molecule has 0 bridgehead atoms. The minimum atomic E-state index is -1.45. The minimum Gasteiger partial charge on any atom is -0.479 e. The molecule has 3 aromatic rings. The van der Waals surface area contributed by atoms with E-state index in [-0.39, 0.29) is 30.1 Å². The molecule has 3 atom stereocenters. The fourth-order valence-electron chi connectivity index (χ4n) is 5.41. The first-order valence-corrected chi connectivity index (χ1v) is 13.3. The third-order valence-corrected chi connectivity index (χ3v) is 7.92. The number of hydrogen-bond acceptors (Lipinski definition) is 6. The number of benzene rings is 1. The summed E-state index contributed by atoms with van der Waals surface area (Å²) in [7, 11) is 0. The molecule has 3 heterocycles. The smallest absolute Gasteiger partial charge is 0.329 e. The van der Waals surface area contributed by atoms with Gasteiger partial charge in [-0.2, -0.15) is 5.26 Å². The fraction of sp³-hybridized carbons (Fsp3) is 0.414. The number of carbonyl (C=O) groups is 2. The van der Waals surface area contributed by atoms with Gasteiger partial charge in [-0.15, -0.1) is 11.3 Å². The van der Waals surface area contributed by atoms with Gasteiger partial charge in [0.1, 0.15) is 5.54 Å². The molecule has 1 aliphatic heterocycles. The Morgan fingerprint density at radius 1 is 1.24 bits per heavy atom. The van der Waals surface area contributed by atoms with Crippen LogP contribution in [0.1, 0.15) is 91.5 Å². The molecule has 0 saturated carbocycles. The molecule has 192 valence electrons. The van der Waals surface area contributed by atoms with Crippen LogP contribution in [0.2, 0.25) is 0 Å². The molecule has 1 aliphatic rings. The van der Waals surface area contributed by atoms with Crippen LogP contribution >= 0.6 is 11.3 Å². The van der Waals surface area contributed by atoms with Crippen molar-refractivity contribution in [2.45, 2.75) is 70.4 Å². The van der Waals surface area contributed by atoms with E-state index in [9.17, 15) is 20.0 Å². The average molecular weight is 517 g/mol. The summed E-state index contributed by atoms with van der Waals surface area (Å²) < 4.78 is 0. The number of carboxylic acids is 1. The summed E-state index contributed by atoms with van der Waals surface area (Å²) in [6, 6.07) is 12.3. The van der Waals surface area contributed by atoms with Crippen molar-refractivity contribution in [2.24, 2.45) is 5.92 Å². The maximum absolute atomic E-state index is 14.3. The number of pyridine rings is 1. The Morgan fingerprint density at radius 3 is 2.49 bits per heavy atom. The Kier molecular flexibility index (Phi) is 7.20. The van der Waals surface area contributed by atoms with Crippen molar-refractivity contribution in [3.63, 3.8) is 0 Å². The van der Waals surface area contributed by atoms with E-state index in [4.69, 9.17) is 0 Å².